The molecule has 0 saturated heterocycles. The molecule has 0 amide bonds. The first kappa shape index (κ1) is 9.85. The molecule has 0 aliphatic rings. The summed E-state index contributed by atoms with van der Waals surface area (Å²) in [6.45, 7) is 0. The van der Waals surface area contributed by atoms with Crippen molar-refractivity contribution >= 4 is 16.8 Å². The van der Waals surface area contributed by atoms with E-state index in [9.17, 15) is 13.2 Å². The zero-order valence-electron chi connectivity index (χ0n) is 6.06. The molecule has 0 aliphatic carbocycles. The molecule has 0 radical (unpaired) electrons. The Bertz CT molecular complexity index is 367. The van der Waals surface area contributed by atoms with Crippen molar-refractivity contribution in [3.63, 3.8) is 0 Å². The fourth-order valence-corrected chi connectivity index (χ4v) is 0.879. The number of oxime groups is 1. The average molecular weight is 210 g/mol. The monoisotopic (exact) mass is 209 g/mol. The molecule has 1 rings (SSSR count). The summed E-state index contributed by atoms with van der Waals surface area (Å²) >= 11 is 5.19. The maximum absolute atomic E-state index is 12.8. The molecule has 0 saturated carbocycles. The maximum atomic E-state index is 12.8. The van der Waals surface area contributed by atoms with Gasteiger partial charge in [-0.15, -0.1) is 0 Å². The summed E-state index contributed by atoms with van der Waals surface area (Å²) in [5.41, 5.74) is -0.497. The SMILES string of the molecule is ON=C(Cl)c1cc(F)c(F)cc1F. The number of nitrogens with zero attached hydrogens (tertiary/aromatic N) is 1. The Morgan fingerprint density at radius 1 is 1.15 bits per heavy atom. The van der Waals surface area contributed by atoms with Crippen LogP contribution in [0.25, 0.3) is 0 Å². The summed E-state index contributed by atoms with van der Waals surface area (Å²) in [6.07, 6.45) is 0. The smallest absolute Gasteiger partial charge is 0.178 e. The van der Waals surface area contributed by atoms with E-state index in [0.29, 0.717) is 12.1 Å². The molecule has 1 N–H and O–H groups in total. The van der Waals surface area contributed by atoms with Gasteiger partial charge in [-0.1, -0.05) is 16.8 Å². The predicted molar refractivity (Wildman–Crippen MR) is 40.5 cm³/mol. The van der Waals surface area contributed by atoms with E-state index in [1.807, 2.05) is 0 Å². The Hall–Kier alpha value is -1.23. The molecule has 0 fully saturated rings. The van der Waals surface area contributed by atoms with Gasteiger partial charge in [0, 0.05) is 6.07 Å². The van der Waals surface area contributed by atoms with Crippen molar-refractivity contribution in [2.45, 2.75) is 0 Å². The largest absolute Gasteiger partial charge is 0.410 e. The van der Waals surface area contributed by atoms with E-state index in [0.717, 1.165) is 0 Å². The van der Waals surface area contributed by atoms with Crippen molar-refractivity contribution in [1.29, 1.82) is 0 Å². The minimum atomic E-state index is -1.33. The van der Waals surface area contributed by atoms with Gasteiger partial charge < -0.3 is 5.21 Å². The number of rotatable bonds is 1. The van der Waals surface area contributed by atoms with Gasteiger partial charge in [0.1, 0.15) is 5.82 Å². The van der Waals surface area contributed by atoms with Crippen molar-refractivity contribution in [2.24, 2.45) is 5.16 Å². The lowest BCUT2D eigenvalue weighted by Crippen LogP contribution is -1.99. The molecule has 1 aromatic rings. The first-order valence-electron chi connectivity index (χ1n) is 3.08. The van der Waals surface area contributed by atoms with Crippen LogP contribution in [0, 0.1) is 17.5 Å². The molecular formula is C7H3ClF3NO. The number of benzene rings is 1. The molecule has 0 heterocycles. The lowest BCUT2D eigenvalue weighted by molar-refractivity contribution is 0.320. The molecule has 0 spiro atoms. The summed E-state index contributed by atoms with van der Waals surface area (Å²) < 4.78 is 37.7. The second-order valence-electron chi connectivity index (χ2n) is 2.14. The third-order valence-corrected chi connectivity index (χ3v) is 1.60. The predicted octanol–water partition coefficient (Wildman–Crippen LogP) is 2.48. The van der Waals surface area contributed by atoms with Crippen LogP contribution in [0.3, 0.4) is 0 Å². The number of halogens is 4. The van der Waals surface area contributed by atoms with Crippen LogP contribution in [0.4, 0.5) is 13.2 Å². The maximum Gasteiger partial charge on any atom is 0.178 e. The van der Waals surface area contributed by atoms with Gasteiger partial charge in [-0.25, -0.2) is 13.2 Å². The van der Waals surface area contributed by atoms with Crippen LogP contribution in [0.15, 0.2) is 17.3 Å². The van der Waals surface area contributed by atoms with Gasteiger partial charge in [0.15, 0.2) is 16.8 Å². The topological polar surface area (TPSA) is 32.6 Å². The molecular weight excluding hydrogens is 207 g/mol. The third-order valence-electron chi connectivity index (χ3n) is 1.32. The molecule has 0 bridgehead atoms. The lowest BCUT2D eigenvalue weighted by atomic mass is 10.2. The second kappa shape index (κ2) is 3.66. The van der Waals surface area contributed by atoms with Crippen LogP contribution in [-0.4, -0.2) is 10.4 Å². The molecule has 2 nitrogen and oxygen atoms in total. The van der Waals surface area contributed by atoms with Crippen LogP contribution in [0.2, 0.25) is 0 Å². The highest BCUT2D eigenvalue weighted by Gasteiger charge is 2.13. The van der Waals surface area contributed by atoms with Crippen LogP contribution >= 0.6 is 11.6 Å². The van der Waals surface area contributed by atoms with E-state index in [1.165, 1.54) is 0 Å². The van der Waals surface area contributed by atoms with Crippen LogP contribution in [-0.2, 0) is 0 Å². The number of hydrogen-bond donors (Lipinski definition) is 1. The molecule has 0 aromatic heterocycles. The molecule has 70 valence electrons. The standard InChI is InChI=1S/C7H3ClF3NO/c8-7(12-13)3-1-5(10)6(11)2-4(3)9/h1-2,13H. The molecule has 1 aromatic carbocycles. The minimum absolute atomic E-state index is 0.318. The van der Waals surface area contributed by atoms with Gasteiger partial charge in [0.05, 0.1) is 5.56 Å². The van der Waals surface area contributed by atoms with E-state index in [2.05, 4.69) is 5.16 Å². The van der Waals surface area contributed by atoms with Crippen molar-refractivity contribution in [2.75, 3.05) is 0 Å². The van der Waals surface area contributed by atoms with Crippen molar-refractivity contribution in [1.82, 2.24) is 0 Å². The molecule has 0 atom stereocenters. The zero-order valence-corrected chi connectivity index (χ0v) is 6.82. The Morgan fingerprint density at radius 2 is 1.69 bits per heavy atom. The Kier molecular flexibility index (Phi) is 2.77. The fourth-order valence-electron chi connectivity index (χ4n) is 0.735. The van der Waals surface area contributed by atoms with Crippen molar-refractivity contribution in [3.8, 4) is 0 Å². The van der Waals surface area contributed by atoms with Gasteiger partial charge in [-0.05, 0) is 6.07 Å². The lowest BCUT2D eigenvalue weighted by Gasteiger charge is -1.99. The van der Waals surface area contributed by atoms with Gasteiger partial charge in [-0.2, -0.15) is 0 Å². The summed E-state index contributed by atoms with van der Waals surface area (Å²) in [4.78, 5) is 0. The van der Waals surface area contributed by atoms with Gasteiger partial charge in [-0.3, -0.25) is 0 Å². The first-order valence-corrected chi connectivity index (χ1v) is 3.46. The first-order chi connectivity index (χ1) is 6.06. The molecule has 0 unspecified atom stereocenters. The summed E-state index contributed by atoms with van der Waals surface area (Å²) in [5, 5.41) is 9.95. The molecule has 13 heavy (non-hydrogen) atoms. The quantitative estimate of drug-likeness (QED) is 0.328. The highest BCUT2D eigenvalue weighted by molar-refractivity contribution is 6.69. The fraction of sp³-hybridized carbons (Fsp3) is 0. The van der Waals surface area contributed by atoms with E-state index < -0.39 is 28.2 Å². The van der Waals surface area contributed by atoms with Crippen molar-refractivity contribution in [3.05, 3.63) is 35.1 Å². The Balaban J connectivity index is 3.32. The van der Waals surface area contributed by atoms with Crippen LogP contribution < -0.4 is 0 Å². The van der Waals surface area contributed by atoms with Gasteiger partial charge in [0.2, 0.25) is 0 Å². The zero-order chi connectivity index (χ0) is 10.0. The third kappa shape index (κ3) is 1.92. The van der Waals surface area contributed by atoms with E-state index in [4.69, 9.17) is 16.8 Å². The van der Waals surface area contributed by atoms with Crippen LogP contribution in [0.5, 0.6) is 0 Å². The van der Waals surface area contributed by atoms with Gasteiger partial charge >= 0.3 is 0 Å². The van der Waals surface area contributed by atoms with Gasteiger partial charge in [0.25, 0.3) is 0 Å². The van der Waals surface area contributed by atoms with E-state index in [1.54, 1.807) is 0 Å². The number of hydrogen-bond acceptors (Lipinski definition) is 2. The highest BCUT2D eigenvalue weighted by Crippen LogP contribution is 2.15. The average Bonchev–Trinajstić information content (AvgIpc) is 2.10. The van der Waals surface area contributed by atoms with Crippen molar-refractivity contribution < 1.29 is 18.4 Å². The van der Waals surface area contributed by atoms with Crippen LogP contribution in [0.1, 0.15) is 5.56 Å². The highest BCUT2D eigenvalue weighted by atomic mass is 35.5. The molecule has 6 heteroatoms. The van der Waals surface area contributed by atoms with E-state index >= 15 is 0 Å². The molecule has 0 aliphatic heterocycles. The summed E-state index contributed by atoms with van der Waals surface area (Å²) in [6, 6.07) is 0.824. The minimum Gasteiger partial charge on any atom is -0.410 e. The Labute approximate surface area is 76.2 Å². The summed E-state index contributed by atoms with van der Waals surface area (Å²) in [5.74, 6) is -3.69. The normalized spacial score (nSPS) is 11.8. The Morgan fingerprint density at radius 3 is 2.23 bits per heavy atom. The van der Waals surface area contributed by atoms with E-state index in [-0.39, 0.29) is 0 Å². The summed E-state index contributed by atoms with van der Waals surface area (Å²) in [7, 11) is 0. The second-order valence-corrected chi connectivity index (χ2v) is 2.49.